The van der Waals surface area contributed by atoms with Crippen LogP contribution in [0.3, 0.4) is 0 Å². The van der Waals surface area contributed by atoms with Crippen LogP contribution < -0.4 is 0 Å². The Labute approximate surface area is 248 Å². The molecule has 0 unspecified atom stereocenters. The Bertz CT molecular complexity index is 673. The molecule has 2 saturated carbocycles. The largest absolute Gasteiger partial charge is 0.481 e. The molecule has 0 aromatic carbocycles. The van der Waals surface area contributed by atoms with Crippen LogP contribution in [0.1, 0.15) is 125 Å². The molecule has 0 spiro atoms. The highest BCUT2D eigenvalue weighted by Crippen LogP contribution is 2.24. The van der Waals surface area contributed by atoms with E-state index in [0.29, 0.717) is 5.92 Å². The number of aliphatic carboxylic acids is 2. The molecular weight excluding hydrogens is 528 g/mol. The van der Waals surface area contributed by atoms with E-state index in [2.05, 4.69) is 6.92 Å². The van der Waals surface area contributed by atoms with Gasteiger partial charge in [0, 0.05) is 28.6 Å². The van der Waals surface area contributed by atoms with Crippen molar-refractivity contribution in [2.45, 2.75) is 125 Å². The zero-order valence-corrected chi connectivity index (χ0v) is 26.5. The highest BCUT2D eigenvalue weighted by Gasteiger charge is 2.19. The first-order valence-corrected chi connectivity index (χ1v) is 14.8. The first kappa shape index (κ1) is 45.0. The van der Waals surface area contributed by atoms with E-state index in [1.807, 2.05) is 64.2 Å². The zero-order chi connectivity index (χ0) is 32.3. The quantitative estimate of drug-likeness (QED) is 0.111. The number of unbranched alkanes of at least 4 members (excludes halogenated alkanes) is 2. The fourth-order valence-corrected chi connectivity index (χ4v) is 3.61. The number of rotatable bonds is 10. The molecule has 10 heteroatoms. The molecule has 0 bridgehead atoms. The summed E-state index contributed by atoms with van der Waals surface area (Å²) < 4.78 is 0. The van der Waals surface area contributed by atoms with E-state index in [0.717, 1.165) is 51.5 Å². The second-order valence-electron chi connectivity index (χ2n) is 9.87. The lowest BCUT2D eigenvalue weighted by molar-refractivity contribution is -0.487. The Morgan fingerprint density at radius 2 is 1.07 bits per heavy atom. The molecule has 240 valence electrons. The van der Waals surface area contributed by atoms with Crippen LogP contribution in [0.4, 0.5) is 0 Å². The minimum atomic E-state index is -0.709. The summed E-state index contributed by atoms with van der Waals surface area (Å²) >= 11 is 0. The average molecular weight is 587 g/mol. The zero-order valence-electron chi connectivity index (χ0n) is 26.5. The molecule has 0 heterocycles. The highest BCUT2D eigenvalue weighted by atomic mass is 16.6. The van der Waals surface area contributed by atoms with Gasteiger partial charge in [-0.2, -0.15) is 0 Å². The first-order chi connectivity index (χ1) is 19.4. The van der Waals surface area contributed by atoms with Crippen molar-refractivity contribution in [2.75, 3.05) is 13.6 Å². The van der Waals surface area contributed by atoms with Crippen molar-refractivity contribution in [1.29, 1.82) is 0 Å². The van der Waals surface area contributed by atoms with Crippen LogP contribution in [0, 0.1) is 32.1 Å². The Hall–Kier alpha value is -3.04. The molecule has 2 aliphatic carbocycles. The van der Waals surface area contributed by atoms with Crippen molar-refractivity contribution in [1.82, 2.24) is 0 Å². The van der Waals surface area contributed by atoms with Crippen LogP contribution in [0.15, 0.2) is 36.5 Å². The Kier molecular flexibility index (Phi) is 40.5. The standard InChI is InChI=1S/2C7H12O2.C6H11NO2.C6H12.C4H8.CH3NO2/c2*1-2-3-4-5-6-7(8)9;8-7(9)5-6-3-1-2-4-6;1-6-4-2-3-5-6;1-3-4-2;1-2(3)4/h2*2-3H,4-6H2,1H3,(H,8,9);6H,1-5H2;6H,2-5H2,1H3;3-4H,1-2H3;1H3/b2*3-2+;;;4-3+;. The number of nitro groups is 2. The minimum Gasteiger partial charge on any atom is -0.481 e. The van der Waals surface area contributed by atoms with Gasteiger partial charge < -0.3 is 10.2 Å². The molecule has 0 saturated heterocycles. The van der Waals surface area contributed by atoms with Gasteiger partial charge in [-0.15, -0.1) is 0 Å². The summed E-state index contributed by atoms with van der Waals surface area (Å²) in [4.78, 5) is 37.9. The summed E-state index contributed by atoms with van der Waals surface area (Å²) in [5, 5.41) is 35.1. The Morgan fingerprint density at radius 1 is 0.732 bits per heavy atom. The number of carbonyl (C=O) groups is 2. The van der Waals surface area contributed by atoms with E-state index >= 15 is 0 Å². The fraction of sp³-hybridized carbons (Fsp3) is 0.742. The smallest absolute Gasteiger partial charge is 0.303 e. The summed E-state index contributed by atoms with van der Waals surface area (Å²) in [5.74, 6) is 0.0176. The molecule has 0 amide bonds. The predicted molar refractivity (Wildman–Crippen MR) is 167 cm³/mol. The summed E-state index contributed by atoms with van der Waals surface area (Å²) in [6.07, 6.45) is 26.1. The maximum absolute atomic E-state index is 9.96. The van der Waals surface area contributed by atoms with Gasteiger partial charge in [-0.25, -0.2) is 0 Å². The SMILES string of the molecule is C/C=C/C.C/C=C/CCCC(=O)O.C/C=C/CCCC(=O)O.CC1CCCC1.C[N+](=O)[O-].O=[N+]([O-])CC1CCCC1. The summed E-state index contributed by atoms with van der Waals surface area (Å²) in [5.41, 5.74) is 0. The normalized spacial score (nSPS) is 14.3. The third-order valence-electron chi connectivity index (χ3n) is 5.85. The predicted octanol–water partition coefficient (Wildman–Crippen LogP) is 8.76. The molecule has 0 atom stereocenters. The lowest BCUT2D eigenvalue weighted by atomic mass is 10.1. The van der Waals surface area contributed by atoms with Gasteiger partial charge in [0.1, 0.15) is 0 Å². The van der Waals surface area contributed by atoms with Crippen molar-refractivity contribution < 1.29 is 29.6 Å². The average Bonchev–Trinajstić information content (AvgIpc) is 3.59. The maximum atomic E-state index is 9.96. The maximum Gasteiger partial charge on any atom is 0.303 e. The van der Waals surface area contributed by atoms with E-state index in [1.165, 1.54) is 38.5 Å². The van der Waals surface area contributed by atoms with Crippen molar-refractivity contribution in [3.8, 4) is 0 Å². The molecule has 0 radical (unpaired) electrons. The second kappa shape index (κ2) is 37.0. The van der Waals surface area contributed by atoms with Gasteiger partial charge in [0.25, 0.3) is 0 Å². The van der Waals surface area contributed by atoms with Crippen LogP contribution in [0.25, 0.3) is 0 Å². The third kappa shape index (κ3) is 57.8. The Morgan fingerprint density at radius 3 is 1.29 bits per heavy atom. The number of nitrogens with zero attached hydrogens (tertiary/aromatic N) is 2. The molecule has 2 fully saturated rings. The molecular formula is C31H58N2O8. The molecule has 0 aromatic rings. The van der Waals surface area contributed by atoms with Crippen LogP contribution in [0.2, 0.25) is 0 Å². The van der Waals surface area contributed by atoms with Gasteiger partial charge in [0.05, 0.1) is 0 Å². The van der Waals surface area contributed by atoms with Gasteiger partial charge in [0.15, 0.2) is 7.05 Å². The van der Waals surface area contributed by atoms with Crippen molar-refractivity contribution in [3.63, 3.8) is 0 Å². The van der Waals surface area contributed by atoms with E-state index < -0.39 is 16.9 Å². The van der Waals surface area contributed by atoms with Crippen molar-refractivity contribution in [2.24, 2.45) is 11.8 Å². The molecule has 2 N–H and O–H groups in total. The van der Waals surface area contributed by atoms with E-state index in [-0.39, 0.29) is 24.3 Å². The van der Waals surface area contributed by atoms with Gasteiger partial charge in [0.2, 0.25) is 6.54 Å². The van der Waals surface area contributed by atoms with Crippen LogP contribution in [-0.2, 0) is 9.59 Å². The van der Waals surface area contributed by atoms with Gasteiger partial charge in [-0.1, -0.05) is 81.9 Å². The molecule has 0 aromatic heterocycles. The number of carboxylic acids is 2. The second-order valence-corrected chi connectivity index (χ2v) is 9.87. The Balaban J connectivity index is -0.000000206. The monoisotopic (exact) mass is 586 g/mol. The van der Waals surface area contributed by atoms with Crippen molar-refractivity contribution in [3.05, 3.63) is 56.7 Å². The topological polar surface area (TPSA) is 161 Å². The van der Waals surface area contributed by atoms with Gasteiger partial charge in [-0.3, -0.25) is 29.8 Å². The lowest BCUT2D eigenvalue weighted by Crippen LogP contribution is -2.10. The molecule has 0 aliphatic heterocycles. The lowest BCUT2D eigenvalue weighted by Gasteiger charge is -1.99. The summed E-state index contributed by atoms with van der Waals surface area (Å²) in [7, 11) is 0.889. The van der Waals surface area contributed by atoms with E-state index in [9.17, 15) is 19.7 Å². The molecule has 2 aliphatic rings. The summed E-state index contributed by atoms with van der Waals surface area (Å²) in [6.45, 7) is 10.4. The van der Waals surface area contributed by atoms with Crippen LogP contribution in [0.5, 0.6) is 0 Å². The number of hydrogen-bond donors (Lipinski definition) is 2. The van der Waals surface area contributed by atoms with E-state index in [1.54, 1.807) is 0 Å². The molecule has 2 rings (SSSR count). The van der Waals surface area contributed by atoms with Crippen molar-refractivity contribution >= 4 is 11.9 Å². The minimum absolute atomic E-state index is 0.194. The van der Waals surface area contributed by atoms with Gasteiger partial charge in [-0.05, 0) is 72.1 Å². The van der Waals surface area contributed by atoms with E-state index in [4.69, 9.17) is 20.3 Å². The molecule has 41 heavy (non-hydrogen) atoms. The third-order valence-corrected chi connectivity index (χ3v) is 5.85. The molecule has 10 nitrogen and oxygen atoms in total. The number of hydrogen-bond acceptors (Lipinski definition) is 6. The van der Waals surface area contributed by atoms with Crippen LogP contribution >= 0.6 is 0 Å². The highest BCUT2D eigenvalue weighted by molar-refractivity contribution is 5.66. The van der Waals surface area contributed by atoms with Gasteiger partial charge >= 0.3 is 11.9 Å². The fourth-order valence-electron chi connectivity index (χ4n) is 3.61. The first-order valence-electron chi connectivity index (χ1n) is 14.8. The number of carboxylic acid groups (broad SMARTS) is 2. The number of allylic oxidation sites excluding steroid dienone is 6. The summed E-state index contributed by atoms with van der Waals surface area (Å²) in [6, 6.07) is 0. The van der Waals surface area contributed by atoms with Crippen LogP contribution in [-0.4, -0.2) is 45.6 Å².